The lowest BCUT2D eigenvalue weighted by Crippen LogP contribution is -2.58. The van der Waals surface area contributed by atoms with E-state index in [1.165, 1.54) is 24.2 Å². The highest BCUT2D eigenvalue weighted by atomic mass is 16.5. The van der Waals surface area contributed by atoms with E-state index in [9.17, 15) is 14.8 Å². The molecular weight excluding hydrogens is 440 g/mol. The van der Waals surface area contributed by atoms with Gasteiger partial charge < -0.3 is 10.2 Å². The molecule has 7 nitrogen and oxygen atoms in total. The fourth-order valence-corrected chi connectivity index (χ4v) is 4.66. The molecule has 0 aliphatic carbocycles. The number of rotatable bonds is 10. The maximum atomic E-state index is 13.7. The van der Waals surface area contributed by atoms with Crippen molar-refractivity contribution in [2.24, 2.45) is 0 Å². The van der Waals surface area contributed by atoms with Gasteiger partial charge in [-0.15, -0.1) is 0 Å². The van der Waals surface area contributed by atoms with Gasteiger partial charge >= 0.3 is 12.1 Å². The number of nitrogens with one attached hydrogen (secondary N) is 1. The molecule has 3 rings (SSSR count). The van der Waals surface area contributed by atoms with E-state index in [-0.39, 0.29) is 6.03 Å². The lowest BCUT2D eigenvalue weighted by molar-refractivity contribution is -0.0949. The average Bonchev–Trinajstić information content (AvgIpc) is 3.02. The highest BCUT2D eigenvalue weighted by molar-refractivity contribution is 5.98. The van der Waals surface area contributed by atoms with Crippen LogP contribution in [0.5, 0.6) is 0 Å². The summed E-state index contributed by atoms with van der Waals surface area (Å²) in [6.07, 6.45) is 5.81. The van der Waals surface area contributed by atoms with Crippen LogP contribution >= 0.6 is 0 Å². The number of carbonyl (C=O) groups is 2. The number of unbranched alkanes of at least 4 members (excludes halogenated alkanes) is 5. The molecule has 0 bridgehead atoms. The van der Waals surface area contributed by atoms with Crippen LogP contribution in [0.25, 0.3) is 0 Å². The fourth-order valence-electron chi connectivity index (χ4n) is 4.66. The summed E-state index contributed by atoms with van der Waals surface area (Å²) >= 11 is 0. The van der Waals surface area contributed by atoms with Crippen molar-refractivity contribution >= 4 is 23.4 Å². The molecule has 35 heavy (non-hydrogen) atoms. The molecule has 0 radical (unpaired) electrons. The van der Waals surface area contributed by atoms with Gasteiger partial charge in [0.25, 0.3) is 0 Å². The van der Waals surface area contributed by atoms with E-state index in [2.05, 4.69) is 12.2 Å². The van der Waals surface area contributed by atoms with Gasteiger partial charge in [0.05, 0.1) is 5.54 Å². The molecule has 1 saturated heterocycles. The summed E-state index contributed by atoms with van der Waals surface area (Å²) in [5, 5.41) is 14.6. The van der Waals surface area contributed by atoms with Crippen LogP contribution in [-0.4, -0.2) is 45.5 Å². The lowest BCUT2D eigenvalue weighted by atomic mass is 9.99. The quantitative estimate of drug-likeness (QED) is 0.220. The molecule has 190 valence electrons. The zero-order chi connectivity index (χ0) is 25.6. The smallest absolute Gasteiger partial charge is 0.315 e. The zero-order valence-corrected chi connectivity index (χ0v) is 21.8. The Kier molecular flexibility index (Phi) is 8.78. The van der Waals surface area contributed by atoms with E-state index >= 15 is 0 Å². The van der Waals surface area contributed by atoms with Crippen molar-refractivity contribution in [1.29, 1.82) is 0 Å². The molecular formula is C28H40N4O3. The third-order valence-electron chi connectivity index (χ3n) is 6.80. The van der Waals surface area contributed by atoms with Crippen LogP contribution in [0.2, 0.25) is 0 Å². The van der Waals surface area contributed by atoms with Crippen LogP contribution in [0.15, 0.2) is 48.5 Å². The van der Waals surface area contributed by atoms with Crippen LogP contribution in [0, 0.1) is 13.8 Å². The number of hydrogen-bond acceptors (Lipinski definition) is 3. The molecule has 4 amide bonds. The fraction of sp³-hybridized carbons (Fsp3) is 0.500. The minimum Gasteiger partial charge on any atom is -0.315 e. The summed E-state index contributed by atoms with van der Waals surface area (Å²) in [4.78, 5) is 30.1. The SMILES string of the molecule is CCCCCCCCN1C(=O)N(c2ccc(C)cc2)[C@@H](N(O)C(=O)Nc2ccc(C)cc2)C1(C)C. The van der Waals surface area contributed by atoms with Crippen molar-refractivity contribution in [3.8, 4) is 0 Å². The second-order valence-electron chi connectivity index (χ2n) is 10.1. The molecule has 1 aliphatic heterocycles. The summed E-state index contributed by atoms with van der Waals surface area (Å²) in [7, 11) is 0. The summed E-state index contributed by atoms with van der Waals surface area (Å²) in [5.74, 6) is 0. The Bertz CT molecular complexity index is 988. The molecule has 1 heterocycles. The van der Waals surface area contributed by atoms with Crippen molar-refractivity contribution in [1.82, 2.24) is 9.96 Å². The van der Waals surface area contributed by atoms with Gasteiger partial charge in [-0.05, 0) is 58.4 Å². The molecule has 0 saturated carbocycles. The van der Waals surface area contributed by atoms with E-state index in [4.69, 9.17) is 0 Å². The van der Waals surface area contributed by atoms with E-state index in [0.717, 1.165) is 30.4 Å². The highest BCUT2D eigenvalue weighted by Crippen LogP contribution is 2.38. The minimum absolute atomic E-state index is 0.209. The van der Waals surface area contributed by atoms with Gasteiger partial charge in [-0.2, -0.15) is 5.06 Å². The summed E-state index contributed by atoms with van der Waals surface area (Å²) in [6.45, 7) is 10.5. The monoisotopic (exact) mass is 480 g/mol. The van der Waals surface area contributed by atoms with Gasteiger partial charge in [-0.25, -0.2) is 9.59 Å². The number of benzene rings is 2. The van der Waals surface area contributed by atoms with Gasteiger partial charge in [0, 0.05) is 17.9 Å². The molecule has 2 aromatic rings. The molecule has 0 spiro atoms. The van der Waals surface area contributed by atoms with Crippen LogP contribution in [0.4, 0.5) is 21.0 Å². The minimum atomic E-state index is -0.900. The first-order valence-electron chi connectivity index (χ1n) is 12.7. The number of hydroxylamine groups is 2. The van der Waals surface area contributed by atoms with E-state index in [1.807, 2.05) is 64.1 Å². The third-order valence-corrected chi connectivity index (χ3v) is 6.80. The van der Waals surface area contributed by atoms with E-state index in [0.29, 0.717) is 23.0 Å². The maximum absolute atomic E-state index is 13.7. The summed E-state index contributed by atoms with van der Waals surface area (Å²) in [5.41, 5.74) is 2.55. The Morgan fingerprint density at radius 2 is 1.49 bits per heavy atom. The summed E-state index contributed by atoms with van der Waals surface area (Å²) in [6, 6.07) is 14.0. The van der Waals surface area contributed by atoms with Gasteiger partial charge in [0.1, 0.15) is 0 Å². The number of aryl methyl sites for hydroxylation is 2. The molecule has 1 fully saturated rings. The van der Waals surface area contributed by atoms with Crippen molar-refractivity contribution in [3.63, 3.8) is 0 Å². The number of nitrogens with zero attached hydrogens (tertiary/aromatic N) is 3. The standard InChI is InChI=1S/C28H40N4O3/c1-6-7-8-9-10-11-20-30-27(34)31(24-18-14-22(3)15-19-24)25(28(30,4)5)32(35)26(33)29-23-16-12-21(2)13-17-23/h12-19,25,35H,6-11,20H2,1-5H3,(H,29,33)/t25-/m0/s1. The maximum Gasteiger partial charge on any atom is 0.347 e. The Morgan fingerprint density at radius 1 is 0.943 bits per heavy atom. The number of amides is 4. The van der Waals surface area contributed by atoms with Gasteiger partial charge in [0.2, 0.25) is 0 Å². The zero-order valence-electron chi connectivity index (χ0n) is 21.8. The van der Waals surface area contributed by atoms with E-state index in [1.54, 1.807) is 17.0 Å². The molecule has 1 aliphatic rings. The second kappa shape index (κ2) is 11.6. The first-order chi connectivity index (χ1) is 16.7. The Morgan fingerprint density at radius 3 is 2.09 bits per heavy atom. The number of urea groups is 2. The highest BCUT2D eigenvalue weighted by Gasteiger charge is 2.55. The molecule has 0 aromatic heterocycles. The Balaban J connectivity index is 1.84. The van der Waals surface area contributed by atoms with Gasteiger partial charge in [-0.1, -0.05) is 74.4 Å². The second-order valence-corrected chi connectivity index (χ2v) is 10.1. The van der Waals surface area contributed by atoms with Crippen molar-refractivity contribution < 1.29 is 14.8 Å². The molecule has 0 unspecified atom stereocenters. The first kappa shape index (κ1) is 26.5. The predicted molar refractivity (Wildman–Crippen MR) is 141 cm³/mol. The number of carbonyl (C=O) groups excluding carboxylic acids is 2. The Labute approximate surface area is 209 Å². The molecule has 2 N–H and O–H groups in total. The normalized spacial score (nSPS) is 17.1. The largest absolute Gasteiger partial charge is 0.347 e. The van der Waals surface area contributed by atoms with Gasteiger partial charge in [-0.3, -0.25) is 10.1 Å². The van der Waals surface area contributed by atoms with Crippen LogP contribution in [0.1, 0.15) is 70.4 Å². The number of anilines is 2. The average molecular weight is 481 g/mol. The van der Waals surface area contributed by atoms with Crippen molar-refractivity contribution in [3.05, 3.63) is 59.7 Å². The molecule has 2 aromatic carbocycles. The van der Waals surface area contributed by atoms with Crippen LogP contribution in [0.3, 0.4) is 0 Å². The van der Waals surface area contributed by atoms with Crippen molar-refractivity contribution in [2.75, 3.05) is 16.8 Å². The van der Waals surface area contributed by atoms with Crippen LogP contribution in [-0.2, 0) is 0 Å². The number of hydrogen-bond donors (Lipinski definition) is 2. The topological polar surface area (TPSA) is 76.1 Å². The Hall–Kier alpha value is -3.06. The first-order valence-corrected chi connectivity index (χ1v) is 12.7. The third kappa shape index (κ3) is 6.14. The molecule has 1 atom stereocenters. The predicted octanol–water partition coefficient (Wildman–Crippen LogP) is 6.93. The van der Waals surface area contributed by atoms with Gasteiger partial charge in [0.15, 0.2) is 6.17 Å². The van der Waals surface area contributed by atoms with E-state index < -0.39 is 17.7 Å². The molecule has 7 heteroatoms. The van der Waals surface area contributed by atoms with Crippen molar-refractivity contribution in [2.45, 2.75) is 84.8 Å². The lowest BCUT2D eigenvalue weighted by Gasteiger charge is -2.38. The summed E-state index contributed by atoms with van der Waals surface area (Å²) < 4.78 is 0. The van der Waals surface area contributed by atoms with Crippen LogP contribution < -0.4 is 10.2 Å².